The number of Topliss-reactive ketones (excluding diaryl/α,β-unsaturated/α-hetero) is 1. The van der Waals surface area contributed by atoms with Crippen LogP contribution in [0.1, 0.15) is 33.2 Å². The van der Waals surface area contributed by atoms with E-state index in [0.29, 0.717) is 0 Å². The first kappa shape index (κ1) is 19.4. The molecule has 0 radical (unpaired) electrons. The van der Waals surface area contributed by atoms with Crippen molar-refractivity contribution in [2.24, 2.45) is 0 Å². The number of alkyl halides is 3. The third-order valence-corrected chi connectivity index (χ3v) is 3.32. The molecule has 26 heavy (non-hydrogen) atoms. The van der Waals surface area contributed by atoms with E-state index < -0.39 is 52.4 Å². The zero-order valence-corrected chi connectivity index (χ0v) is 12.8. The van der Waals surface area contributed by atoms with Crippen molar-refractivity contribution in [3.05, 3.63) is 64.2 Å². The van der Waals surface area contributed by atoms with E-state index in [1.165, 1.54) is 24.4 Å². The van der Waals surface area contributed by atoms with E-state index in [1.54, 1.807) is 0 Å². The molecule has 0 fully saturated rings. The lowest BCUT2D eigenvalue weighted by atomic mass is 10.1. The maximum atomic E-state index is 13.8. The van der Waals surface area contributed by atoms with Crippen molar-refractivity contribution in [3.63, 3.8) is 0 Å². The van der Waals surface area contributed by atoms with Crippen molar-refractivity contribution in [1.29, 1.82) is 0 Å². The van der Waals surface area contributed by atoms with Gasteiger partial charge in [-0.3, -0.25) is 9.59 Å². The van der Waals surface area contributed by atoms with Crippen LogP contribution in [0.15, 0.2) is 24.3 Å². The first-order chi connectivity index (χ1) is 11.9. The maximum Gasteiger partial charge on any atom is 0.422 e. The number of hydrogen-bond donors (Lipinski definition) is 1. The number of nitrogens with one attached hydrogen (secondary N) is 1. The van der Waals surface area contributed by atoms with Crippen LogP contribution in [0.25, 0.3) is 0 Å². The number of benzene rings is 2. The van der Waals surface area contributed by atoms with E-state index in [1.807, 2.05) is 0 Å². The number of hydrogen-bond acceptors (Lipinski definition) is 2. The van der Waals surface area contributed by atoms with Crippen molar-refractivity contribution in [2.45, 2.75) is 13.1 Å². The molecule has 1 N–H and O–H groups in total. The Morgan fingerprint density at radius 3 is 1.85 bits per heavy atom. The minimum Gasteiger partial charge on any atom is -0.317 e. The largest absolute Gasteiger partial charge is 0.422 e. The molecule has 2 rings (SSSR count). The molecule has 0 spiro atoms. The number of ketones is 1. The molecule has 0 saturated carbocycles. The highest BCUT2D eigenvalue weighted by Crippen LogP contribution is 2.38. The highest BCUT2D eigenvalue weighted by atomic mass is 19.4. The van der Waals surface area contributed by atoms with Gasteiger partial charge in [-0.15, -0.1) is 0 Å². The predicted octanol–water partition coefficient (Wildman–Crippen LogP) is 4.72. The van der Waals surface area contributed by atoms with Gasteiger partial charge in [0.2, 0.25) is 0 Å². The summed E-state index contributed by atoms with van der Waals surface area (Å²) >= 11 is 0. The van der Waals surface area contributed by atoms with Gasteiger partial charge in [-0.05, 0) is 19.1 Å². The van der Waals surface area contributed by atoms with E-state index in [-0.39, 0.29) is 11.1 Å². The summed E-state index contributed by atoms with van der Waals surface area (Å²) in [5, 5.41) is 1.47. The molecule has 0 heterocycles. The van der Waals surface area contributed by atoms with Gasteiger partial charge in [0.15, 0.2) is 29.1 Å². The van der Waals surface area contributed by atoms with E-state index in [9.17, 15) is 40.3 Å². The van der Waals surface area contributed by atoms with Crippen LogP contribution in [0.3, 0.4) is 0 Å². The number of rotatable bonds is 3. The Kier molecular flexibility index (Phi) is 5.06. The molecule has 0 saturated heterocycles. The van der Waals surface area contributed by atoms with E-state index >= 15 is 0 Å². The Bertz CT molecular complexity index is 877. The first-order valence-corrected chi connectivity index (χ1v) is 6.80. The summed E-state index contributed by atoms with van der Waals surface area (Å²) in [5.41, 5.74) is -4.71. The van der Waals surface area contributed by atoms with Gasteiger partial charge in [0.1, 0.15) is 11.3 Å². The number of halogens is 7. The fraction of sp³-hybridized carbons (Fsp3) is 0.125. The van der Waals surface area contributed by atoms with E-state index in [4.69, 9.17) is 0 Å². The Balaban J connectivity index is 2.49. The zero-order chi connectivity index (χ0) is 19.8. The van der Waals surface area contributed by atoms with E-state index in [2.05, 4.69) is 0 Å². The second-order valence-electron chi connectivity index (χ2n) is 5.09. The zero-order valence-electron chi connectivity index (χ0n) is 12.8. The van der Waals surface area contributed by atoms with Gasteiger partial charge in [-0.25, -0.2) is 17.6 Å². The summed E-state index contributed by atoms with van der Waals surface area (Å²) in [6.07, 6.45) is -5.69. The molecule has 0 atom stereocenters. The molecule has 0 aliphatic heterocycles. The van der Waals surface area contributed by atoms with Gasteiger partial charge in [-0.1, -0.05) is 12.1 Å². The molecule has 0 unspecified atom stereocenters. The van der Waals surface area contributed by atoms with Gasteiger partial charge >= 0.3 is 6.18 Å². The van der Waals surface area contributed by atoms with Crippen molar-refractivity contribution in [3.8, 4) is 0 Å². The highest BCUT2D eigenvalue weighted by Gasteiger charge is 2.42. The van der Waals surface area contributed by atoms with Crippen LogP contribution < -0.4 is 5.32 Å². The number of anilines is 1. The summed E-state index contributed by atoms with van der Waals surface area (Å²) in [4.78, 5) is 23.2. The molecule has 1 amide bonds. The lowest BCUT2D eigenvalue weighted by Gasteiger charge is -2.14. The van der Waals surface area contributed by atoms with Crippen LogP contribution in [-0.4, -0.2) is 11.7 Å². The third kappa shape index (κ3) is 3.53. The summed E-state index contributed by atoms with van der Waals surface area (Å²) in [6, 6.07) is 4.74. The van der Waals surface area contributed by atoms with E-state index in [0.717, 1.165) is 12.1 Å². The van der Waals surface area contributed by atoms with Crippen LogP contribution in [0.4, 0.5) is 36.4 Å². The van der Waals surface area contributed by atoms with Crippen molar-refractivity contribution < 1.29 is 40.3 Å². The lowest BCUT2D eigenvalue weighted by Crippen LogP contribution is -2.20. The third-order valence-electron chi connectivity index (χ3n) is 3.32. The average molecular weight is 379 g/mol. The smallest absolute Gasteiger partial charge is 0.317 e. The van der Waals surface area contributed by atoms with Crippen LogP contribution in [-0.2, 0) is 6.18 Å². The highest BCUT2D eigenvalue weighted by molar-refractivity contribution is 6.06. The fourth-order valence-corrected chi connectivity index (χ4v) is 2.06. The fourth-order valence-electron chi connectivity index (χ4n) is 2.06. The van der Waals surface area contributed by atoms with Gasteiger partial charge in [-0.2, -0.15) is 13.2 Å². The van der Waals surface area contributed by atoms with Crippen LogP contribution in [0, 0.1) is 23.3 Å². The Morgan fingerprint density at radius 2 is 1.38 bits per heavy atom. The van der Waals surface area contributed by atoms with Crippen LogP contribution >= 0.6 is 0 Å². The molecule has 0 bridgehead atoms. The van der Waals surface area contributed by atoms with Crippen molar-refractivity contribution in [1.82, 2.24) is 0 Å². The Labute approximate surface area is 141 Å². The van der Waals surface area contributed by atoms with Crippen LogP contribution in [0.2, 0.25) is 0 Å². The number of carbonyl (C=O) groups is 2. The second-order valence-corrected chi connectivity index (χ2v) is 5.09. The minimum absolute atomic E-state index is 0.0587. The average Bonchev–Trinajstić information content (AvgIpc) is 2.55. The predicted molar refractivity (Wildman–Crippen MR) is 75.7 cm³/mol. The molecular weight excluding hydrogens is 371 g/mol. The molecule has 3 nitrogen and oxygen atoms in total. The summed E-state index contributed by atoms with van der Waals surface area (Å²) < 4.78 is 92.1. The van der Waals surface area contributed by atoms with Crippen molar-refractivity contribution in [2.75, 3.05) is 5.32 Å². The monoisotopic (exact) mass is 379 g/mol. The SMILES string of the molecule is CC(=O)c1cccc(C(=O)Nc2c(F)c(F)c(C(F)(F)F)c(F)c2F)c1. The summed E-state index contributed by atoms with van der Waals surface area (Å²) in [6.45, 7) is 1.18. The van der Waals surface area contributed by atoms with Gasteiger partial charge in [0.25, 0.3) is 5.91 Å². The van der Waals surface area contributed by atoms with Gasteiger partial charge in [0, 0.05) is 11.1 Å². The van der Waals surface area contributed by atoms with Gasteiger partial charge in [0.05, 0.1) is 0 Å². The molecule has 2 aromatic carbocycles. The molecule has 0 aliphatic rings. The maximum absolute atomic E-state index is 13.8. The minimum atomic E-state index is -5.69. The lowest BCUT2D eigenvalue weighted by molar-refractivity contribution is -0.143. The standard InChI is InChI=1S/C16H8F7NO2/c1-6(25)7-3-2-4-8(5-7)15(26)24-14-12(19)10(17)9(16(21,22)23)11(18)13(14)20/h2-5H,1H3,(H,24,26). The topological polar surface area (TPSA) is 46.2 Å². The molecule has 0 aliphatic carbocycles. The number of amides is 1. The molecule has 10 heteroatoms. The first-order valence-electron chi connectivity index (χ1n) is 6.80. The van der Waals surface area contributed by atoms with Gasteiger partial charge < -0.3 is 5.32 Å². The molecule has 138 valence electrons. The molecule has 0 aromatic heterocycles. The Morgan fingerprint density at radius 1 is 0.885 bits per heavy atom. The second kappa shape index (κ2) is 6.77. The molecule has 2 aromatic rings. The number of carbonyl (C=O) groups excluding carboxylic acids is 2. The summed E-state index contributed by atoms with van der Waals surface area (Å²) in [7, 11) is 0. The Hall–Kier alpha value is -2.91. The van der Waals surface area contributed by atoms with Crippen molar-refractivity contribution >= 4 is 17.4 Å². The normalized spacial score (nSPS) is 11.4. The molecular formula is C16H8F7NO2. The quantitative estimate of drug-likeness (QED) is 0.477. The summed E-state index contributed by atoms with van der Waals surface area (Å²) in [5.74, 6) is -11.9. The van der Waals surface area contributed by atoms with Crippen LogP contribution in [0.5, 0.6) is 0 Å².